The summed E-state index contributed by atoms with van der Waals surface area (Å²) in [7, 11) is 0. The van der Waals surface area contributed by atoms with Gasteiger partial charge < -0.3 is 10.6 Å². The fraction of sp³-hybridized carbons (Fsp3) is 0.550. The van der Waals surface area contributed by atoms with Crippen molar-refractivity contribution in [2.24, 2.45) is 5.92 Å². The highest BCUT2D eigenvalue weighted by Gasteiger charge is 2.55. The summed E-state index contributed by atoms with van der Waals surface area (Å²) in [5.41, 5.74) is 1.31. The monoisotopic (exact) mass is 357 g/mol. The number of amides is 4. The Kier molecular flexibility index (Phi) is 5.03. The molecule has 1 aromatic rings. The van der Waals surface area contributed by atoms with E-state index in [0.29, 0.717) is 6.42 Å². The van der Waals surface area contributed by atoms with Crippen molar-refractivity contribution in [2.45, 2.75) is 58.0 Å². The zero-order valence-electron chi connectivity index (χ0n) is 15.7. The summed E-state index contributed by atoms with van der Waals surface area (Å²) in [6.45, 7) is 5.65. The largest absolute Gasteiger partial charge is 0.348 e. The quantitative estimate of drug-likeness (QED) is 0.813. The Labute approximate surface area is 154 Å². The number of carbonyl (C=O) groups excluding carboxylic acids is 3. The van der Waals surface area contributed by atoms with Crippen LogP contribution in [0.3, 0.4) is 0 Å². The number of nitrogens with one attached hydrogen (secondary N) is 2. The first kappa shape index (κ1) is 18.4. The first-order valence-corrected chi connectivity index (χ1v) is 9.33. The van der Waals surface area contributed by atoms with Crippen LogP contribution >= 0.6 is 0 Å². The summed E-state index contributed by atoms with van der Waals surface area (Å²) in [5.74, 6) is -0.498. The summed E-state index contributed by atoms with van der Waals surface area (Å²) >= 11 is 0. The van der Waals surface area contributed by atoms with Gasteiger partial charge in [-0.1, -0.05) is 49.6 Å². The summed E-state index contributed by atoms with van der Waals surface area (Å²) in [6.07, 6.45) is 3.55. The van der Waals surface area contributed by atoms with E-state index in [4.69, 9.17) is 0 Å². The van der Waals surface area contributed by atoms with E-state index in [2.05, 4.69) is 10.6 Å². The van der Waals surface area contributed by atoms with Gasteiger partial charge >= 0.3 is 6.03 Å². The summed E-state index contributed by atoms with van der Waals surface area (Å²) in [5, 5.41) is 5.75. The molecule has 6 nitrogen and oxygen atoms in total. The lowest BCUT2D eigenvalue weighted by Gasteiger charge is -2.36. The summed E-state index contributed by atoms with van der Waals surface area (Å²) in [4.78, 5) is 38.7. The minimum atomic E-state index is -0.821. The maximum absolute atomic E-state index is 12.9. The number of rotatable bonds is 4. The number of imide groups is 1. The average molecular weight is 357 g/mol. The predicted molar refractivity (Wildman–Crippen MR) is 98.3 cm³/mol. The van der Waals surface area contributed by atoms with E-state index in [-0.39, 0.29) is 30.3 Å². The number of hydrogen-bond acceptors (Lipinski definition) is 3. The molecule has 0 bridgehead atoms. The SMILES string of the molecule is Cc1ccc(C(C)NC(=O)CN2C(=O)NC3(CCCCC3C)C2=O)cc1. The number of benzene rings is 1. The molecule has 1 aromatic carbocycles. The molecule has 0 radical (unpaired) electrons. The Morgan fingerprint density at radius 3 is 2.65 bits per heavy atom. The zero-order valence-corrected chi connectivity index (χ0v) is 15.7. The average Bonchev–Trinajstić information content (AvgIpc) is 2.83. The molecule has 2 aliphatic rings. The smallest absolute Gasteiger partial charge is 0.325 e. The number of carbonyl (C=O) groups is 3. The molecule has 0 aromatic heterocycles. The molecule has 1 aliphatic carbocycles. The van der Waals surface area contributed by atoms with E-state index in [1.165, 1.54) is 0 Å². The van der Waals surface area contributed by atoms with E-state index in [9.17, 15) is 14.4 Å². The Bertz CT molecular complexity index is 716. The molecule has 3 unspecified atom stereocenters. The van der Waals surface area contributed by atoms with Crippen LogP contribution in [0.15, 0.2) is 24.3 Å². The molecular formula is C20H27N3O3. The van der Waals surface area contributed by atoms with Gasteiger partial charge in [-0.2, -0.15) is 0 Å². The maximum atomic E-state index is 12.9. The van der Waals surface area contributed by atoms with Crippen LogP contribution in [0.25, 0.3) is 0 Å². The molecule has 26 heavy (non-hydrogen) atoms. The number of nitrogens with zero attached hydrogens (tertiary/aromatic N) is 1. The van der Waals surface area contributed by atoms with Crippen LogP contribution in [0.2, 0.25) is 0 Å². The Morgan fingerprint density at radius 2 is 2.00 bits per heavy atom. The molecule has 2 fully saturated rings. The molecule has 3 rings (SSSR count). The topological polar surface area (TPSA) is 78.5 Å². The molecule has 140 valence electrons. The molecule has 1 saturated heterocycles. The number of urea groups is 1. The van der Waals surface area contributed by atoms with E-state index < -0.39 is 11.6 Å². The van der Waals surface area contributed by atoms with Crippen LogP contribution in [0.4, 0.5) is 4.79 Å². The molecule has 1 spiro atoms. The zero-order chi connectivity index (χ0) is 18.9. The van der Waals surface area contributed by atoms with Gasteiger partial charge in [0.25, 0.3) is 5.91 Å². The van der Waals surface area contributed by atoms with Crippen molar-refractivity contribution in [3.8, 4) is 0 Å². The Morgan fingerprint density at radius 1 is 1.31 bits per heavy atom. The first-order valence-electron chi connectivity index (χ1n) is 9.33. The standard InChI is InChI=1S/C20H27N3O3/c1-13-7-9-16(10-8-13)15(3)21-17(24)12-23-18(25)20(22-19(23)26)11-5-4-6-14(20)2/h7-10,14-15H,4-6,11-12H2,1-3H3,(H,21,24)(H,22,26). The molecule has 1 saturated carbocycles. The lowest BCUT2D eigenvalue weighted by Crippen LogP contribution is -2.54. The van der Waals surface area contributed by atoms with Crippen LogP contribution in [-0.2, 0) is 9.59 Å². The lowest BCUT2D eigenvalue weighted by atomic mass is 9.73. The third-order valence-corrected chi connectivity index (χ3v) is 5.76. The fourth-order valence-electron chi connectivity index (χ4n) is 4.01. The van der Waals surface area contributed by atoms with Crippen molar-refractivity contribution in [3.05, 3.63) is 35.4 Å². The maximum Gasteiger partial charge on any atom is 0.325 e. The minimum Gasteiger partial charge on any atom is -0.348 e. The predicted octanol–water partition coefficient (Wildman–Crippen LogP) is 2.67. The molecule has 1 aliphatic heterocycles. The van der Waals surface area contributed by atoms with Gasteiger partial charge in [-0.15, -0.1) is 0 Å². The molecule has 6 heteroatoms. The van der Waals surface area contributed by atoms with Crippen molar-refractivity contribution in [2.75, 3.05) is 6.54 Å². The second-order valence-corrected chi connectivity index (χ2v) is 7.64. The van der Waals surface area contributed by atoms with Crippen molar-refractivity contribution in [1.29, 1.82) is 0 Å². The van der Waals surface area contributed by atoms with Crippen LogP contribution in [0.5, 0.6) is 0 Å². The Balaban J connectivity index is 1.64. The third kappa shape index (κ3) is 3.32. The van der Waals surface area contributed by atoms with Crippen LogP contribution in [0, 0.1) is 12.8 Å². The molecule has 4 amide bonds. The summed E-state index contributed by atoms with van der Waals surface area (Å²) in [6, 6.07) is 7.26. The van der Waals surface area contributed by atoms with Crippen molar-refractivity contribution < 1.29 is 14.4 Å². The normalized spacial score (nSPS) is 26.7. The van der Waals surface area contributed by atoms with Crippen LogP contribution in [0.1, 0.15) is 56.7 Å². The van der Waals surface area contributed by atoms with Crippen molar-refractivity contribution >= 4 is 17.8 Å². The Hall–Kier alpha value is -2.37. The second kappa shape index (κ2) is 7.09. The number of hydrogen-bond donors (Lipinski definition) is 2. The second-order valence-electron chi connectivity index (χ2n) is 7.64. The van der Waals surface area contributed by atoms with Gasteiger partial charge in [-0.05, 0) is 38.2 Å². The molecule has 3 atom stereocenters. The van der Waals surface area contributed by atoms with E-state index in [1.54, 1.807) is 0 Å². The van der Waals surface area contributed by atoms with Gasteiger partial charge in [0.05, 0.1) is 6.04 Å². The van der Waals surface area contributed by atoms with E-state index >= 15 is 0 Å². The highest BCUT2D eigenvalue weighted by Crippen LogP contribution is 2.38. The van der Waals surface area contributed by atoms with Gasteiger partial charge in [0, 0.05) is 0 Å². The lowest BCUT2D eigenvalue weighted by molar-refractivity contribution is -0.137. The van der Waals surface area contributed by atoms with Crippen molar-refractivity contribution in [3.63, 3.8) is 0 Å². The number of aryl methyl sites for hydroxylation is 1. The highest BCUT2D eigenvalue weighted by molar-refractivity contribution is 6.09. The first-order chi connectivity index (χ1) is 12.3. The van der Waals surface area contributed by atoms with Crippen LogP contribution in [-0.4, -0.2) is 34.8 Å². The molecule has 1 heterocycles. The highest BCUT2D eigenvalue weighted by atomic mass is 16.2. The van der Waals surface area contributed by atoms with Gasteiger partial charge in [-0.25, -0.2) is 4.79 Å². The van der Waals surface area contributed by atoms with Gasteiger partial charge in [0.15, 0.2) is 0 Å². The van der Waals surface area contributed by atoms with Crippen LogP contribution < -0.4 is 10.6 Å². The molecular weight excluding hydrogens is 330 g/mol. The van der Waals surface area contributed by atoms with Crippen molar-refractivity contribution in [1.82, 2.24) is 15.5 Å². The summed E-state index contributed by atoms with van der Waals surface area (Å²) < 4.78 is 0. The molecule has 2 N–H and O–H groups in total. The van der Waals surface area contributed by atoms with E-state index in [1.807, 2.05) is 45.0 Å². The van der Waals surface area contributed by atoms with E-state index in [0.717, 1.165) is 35.3 Å². The minimum absolute atomic E-state index is 0.0900. The van der Waals surface area contributed by atoms with Gasteiger partial charge in [-0.3, -0.25) is 14.5 Å². The van der Waals surface area contributed by atoms with Gasteiger partial charge in [0.2, 0.25) is 5.91 Å². The third-order valence-electron chi connectivity index (χ3n) is 5.76. The fourth-order valence-corrected chi connectivity index (χ4v) is 4.01. The van der Waals surface area contributed by atoms with Gasteiger partial charge in [0.1, 0.15) is 12.1 Å².